The molecule has 112 valence electrons. The van der Waals surface area contributed by atoms with Gasteiger partial charge in [-0.2, -0.15) is 13.2 Å². The van der Waals surface area contributed by atoms with Crippen molar-refractivity contribution in [3.63, 3.8) is 0 Å². The zero-order chi connectivity index (χ0) is 13.9. The Morgan fingerprint density at radius 2 is 1.89 bits per heavy atom. The van der Waals surface area contributed by atoms with Crippen LogP contribution >= 0.6 is 11.8 Å². The molecule has 1 saturated carbocycles. The fourth-order valence-electron chi connectivity index (χ4n) is 3.48. The number of likely N-dealkylation sites (tertiary alicyclic amines) is 1. The summed E-state index contributed by atoms with van der Waals surface area (Å²) in [6.07, 6.45) is 5.90. The van der Waals surface area contributed by atoms with Crippen molar-refractivity contribution in [1.29, 1.82) is 0 Å². The molecule has 6 heteroatoms. The minimum absolute atomic E-state index is 0.0684. The molecule has 1 saturated heterocycles. The van der Waals surface area contributed by atoms with Gasteiger partial charge in [-0.15, -0.1) is 0 Å². The molecular formula is C13H22F3NOS. The molecule has 3 unspecified atom stereocenters. The van der Waals surface area contributed by atoms with E-state index in [1.54, 1.807) is 0 Å². The van der Waals surface area contributed by atoms with Crippen molar-refractivity contribution in [3.05, 3.63) is 0 Å². The quantitative estimate of drug-likeness (QED) is 0.861. The lowest BCUT2D eigenvalue weighted by Crippen LogP contribution is -2.47. The van der Waals surface area contributed by atoms with Crippen LogP contribution in [0.3, 0.4) is 0 Å². The molecule has 1 aliphatic heterocycles. The third kappa shape index (κ3) is 4.53. The maximum absolute atomic E-state index is 12.2. The van der Waals surface area contributed by atoms with Crippen LogP contribution in [0.1, 0.15) is 38.5 Å². The Bertz CT molecular complexity index is 288. The SMILES string of the molecule is OC1CCCC1C1CCCCN1CCSC(F)(F)F. The van der Waals surface area contributed by atoms with Gasteiger partial charge >= 0.3 is 5.51 Å². The Kier molecular flexibility index (Phi) is 5.43. The largest absolute Gasteiger partial charge is 0.441 e. The molecule has 0 aromatic heterocycles. The highest BCUT2D eigenvalue weighted by molar-refractivity contribution is 8.00. The van der Waals surface area contributed by atoms with Crippen LogP contribution < -0.4 is 0 Å². The minimum Gasteiger partial charge on any atom is -0.393 e. The molecule has 2 rings (SSSR count). The zero-order valence-corrected chi connectivity index (χ0v) is 11.8. The van der Waals surface area contributed by atoms with Crippen molar-refractivity contribution in [2.75, 3.05) is 18.8 Å². The predicted molar refractivity (Wildman–Crippen MR) is 71.1 cm³/mol. The van der Waals surface area contributed by atoms with Crippen molar-refractivity contribution in [3.8, 4) is 0 Å². The van der Waals surface area contributed by atoms with Crippen LogP contribution in [0.5, 0.6) is 0 Å². The number of halogens is 3. The predicted octanol–water partition coefficient (Wildman–Crippen LogP) is 3.25. The molecule has 0 bridgehead atoms. The van der Waals surface area contributed by atoms with Crippen LogP contribution in [0, 0.1) is 5.92 Å². The van der Waals surface area contributed by atoms with Crippen LogP contribution in [0.4, 0.5) is 13.2 Å². The van der Waals surface area contributed by atoms with Crippen LogP contribution in [0.2, 0.25) is 0 Å². The molecule has 0 aromatic rings. The van der Waals surface area contributed by atoms with E-state index in [2.05, 4.69) is 4.90 Å². The highest BCUT2D eigenvalue weighted by Crippen LogP contribution is 2.36. The first-order chi connectivity index (χ1) is 8.97. The summed E-state index contributed by atoms with van der Waals surface area (Å²) in [4.78, 5) is 2.18. The van der Waals surface area contributed by atoms with Crippen molar-refractivity contribution in [2.45, 2.75) is 56.2 Å². The number of piperidine rings is 1. The maximum Gasteiger partial charge on any atom is 0.441 e. The van der Waals surface area contributed by atoms with Gasteiger partial charge < -0.3 is 5.11 Å². The molecule has 0 radical (unpaired) electrons. The second-order valence-corrected chi connectivity index (χ2v) is 6.72. The number of aliphatic hydroxyl groups excluding tert-OH is 1. The van der Waals surface area contributed by atoms with Crippen LogP contribution in [-0.2, 0) is 0 Å². The molecule has 2 fully saturated rings. The van der Waals surface area contributed by atoms with Crippen LogP contribution in [0.15, 0.2) is 0 Å². The first kappa shape index (κ1) is 15.4. The lowest BCUT2D eigenvalue weighted by atomic mass is 9.88. The van der Waals surface area contributed by atoms with E-state index in [4.69, 9.17) is 0 Å². The summed E-state index contributed by atoms with van der Waals surface area (Å²) >= 11 is 0.0684. The number of thioether (sulfide) groups is 1. The summed E-state index contributed by atoms with van der Waals surface area (Å²) in [6.45, 7) is 1.37. The first-order valence-electron chi connectivity index (χ1n) is 7.10. The van der Waals surface area contributed by atoms with E-state index < -0.39 is 5.51 Å². The Labute approximate surface area is 116 Å². The van der Waals surface area contributed by atoms with Crippen LogP contribution in [-0.4, -0.2) is 46.5 Å². The molecule has 2 aliphatic rings. The van der Waals surface area contributed by atoms with E-state index in [1.807, 2.05) is 0 Å². The Balaban J connectivity index is 1.85. The Morgan fingerprint density at radius 1 is 1.11 bits per heavy atom. The minimum atomic E-state index is -4.13. The fraction of sp³-hybridized carbons (Fsp3) is 1.00. The number of rotatable bonds is 4. The van der Waals surface area contributed by atoms with Gasteiger partial charge in [0.15, 0.2) is 0 Å². The average Bonchev–Trinajstić information content (AvgIpc) is 2.74. The molecule has 1 N–H and O–H groups in total. The van der Waals surface area contributed by atoms with E-state index in [1.165, 1.54) is 0 Å². The normalized spacial score (nSPS) is 33.8. The van der Waals surface area contributed by atoms with Crippen molar-refractivity contribution < 1.29 is 18.3 Å². The van der Waals surface area contributed by atoms with E-state index >= 15 is 0 Å². The summed E-state index contributed by atoms with van der Waals surface area (Å²) in [5.74, 6) is 0.374. The monoisotopic (exact) mass is 297 g/mol. The Hall–Kier alpha value is 0.0600. The van der Waals surface area contributed by atoms with Crippen molar-refractivity contribution >= 4 is 11.8 Å². The standard InChI is InChI=1S/C13H22F3NOS/c14-13(15,16)19-9-8-17-7-2-1-5-11(17)10-4-3-6-12(10)18/h10-12,18H,1-9H2. The van der Waals surface area contributed by atoms with Crippen LogP contribution in [0.25, 0.3) is 0 Å². The van der Waals surface area contributed by atoms with Crippen molar-refractivity contribution in [1.82, 2.24) is 4.90 Å². The summed E-state index contributed by atoms with van der Waals surface area (Å²) in [5.41, 5.74) is -4.13. The highest BCUT2D eigenvalue weighted by atomic mass is 32.2. The van der Waals surface area contributed by atoms with E-state index in [0.717, 1.165) is 45.1 Å². The molecule has 19 heavy (non-hydrogen) atoms. The highest BCUT2D eigenvalue weighted by Gasteiger charge is 2.37. The number of hydrogen-bond acceptors (Lipinski definition) is 3. The van der Waals surface area contributed by atoms with Gasteiger partial charge in [0, 0.05) is 24.3 Å². The van der Waals surface area contributed by atoms with Gasteiger partial charge in [-0.05, 0) is 44.0 Å². The number of alkyl halides is 3. The maximum atomic E-state index is 12.2. The first-order valence-corrected chi connectivity index (χ1v) is 8.09. The third-order valence-corrected chi connectivity index (χ3v) is 5.05. The lowest BCUT2D eigenvalue weighted by molar-refractivity contribution is -0.0331. The average molecular weight is 297 g/mol. The number of aliphatic hydroxyl groups is 1. The van der Waals surface area contributed by atoms with Gasteiger partial charge in [-0.25, -0.2) is 0 Å². The van der Waals surface area contributed by atoms with E-state index in [0.29, 0.717) is 12.6 Å². The van der Waals surface area contributed by atoms with Gasteiger partial charge in [0.25, 0.3) is 0 Å². The zero-order valence-electron chi connectivity index (χ0n) is 11.0. The topological polar surface area (TPSA) is 23.5 Å². The van der Waals surface area contributed by atoms with Gasteiger partial charge in [-0.3, -0.25) is 4.90 Å². The summed E-state index contributed by atoms with van der Waals surface area (Å²) in [5, 5.41) is 10.0. The molecule has 0 aromatic carbocycles. The second-order valence-electron chi connectivity index (χ2n) is 5.56. The molecule has 2 nitrogen and oxygen atoms in total. The third-order valence-electron chi connectivity index (χ3n) is 4.33. The summed E-state index contributed by atoms with van der Waals surface area (Å²) < 4.78 is 36.5. The van der Waals surface area contributed by atoms with Gasteiger partial charge in [0.2, 0.25) is 0 Å². The number of hydrogen-bond donors (Lipinski definition) is 1. The van der Waals surface area contributed by atoms with Crippen molar-refractivity contribution in [2.24, 2.45) is 5.92 Å². The molecule has 0 amide bonds. The fourth-order valence-corrected chi connectivity index (χ4v) is 4.03. The smallest absolute Gasteiger partial charge is 0.393 e. The van der Waals surface area contributed by atoms with E-state index in [9.17, 15) is 18.3 Å². The second kappa shape index (κ2) is 6.68. The summed E-state index contributed by atoms with van der Waals surface area (Å²) in [6, 6.07) is 0.292. The lowest BCUT2D eigenvalue weighted by Gasteiger charge is -2.40. The molecule has 1 heterocycles. The van der Waals surface area contributed by atoms with Gasteiger partial charge in [0.1, 0.15) is 0 Å². The number of nitrogens with zero attached hydrogens (tertiary/aromatic N) is 1. The molecular weight excluding hydrogens is 275 g/mol. The molecule has 0 spiro atoms. The van der Waals surface area contributed by atoms with Gasteiger partial charge in [-0.1, -0.05) is 12.8 Å². The van der Waals surface area contributed by atoms with Gasteiger partial charge in [0.05, 0.1) is 6.10 Å². The van der Waals surface area contributed by atoms with E-state index in [-0.39, 0.29) is 29.5 Å². The molecule has 1 aliphatic carbocycles. The Morgan fingerprint density at radius 3 is 2.53 bits per heavy atom. The molecule has 3 atom stereocenters. The summed E-state index contributed by atoms with van der Waals surface area (Å²) in [7, 11) is 0.